The summed E-state index contributed by atoms with van der Waals surface area (Å²) in [7, 11) is -14.1. The number of halogens is 6. The van der Waals surface area contributed by atoms with E-state index in [0.717, 1.165) is 20.9 Å². The van der Waals surface area contributed by atoms with E-state index in [1.54, 1.807) is 6.07 Å². The van der Waals surface area contributed by atoms with Crippen molar-refractivity contribution in [3.63, 3.8) is 0 Å². The van der Waals surface area contributed by atoms with Gasteiger partial charge in [0, 0.05) is 6.07 Å². The Hall–Kier alpha value is -2.33. The Morgan fingerprint density at radius 3 is 2.00 bits per heavy atom. The van der Waals surface area contributed by atoms with E-state index in [1.165, 1.54) is 43.6 Å². The van der Waals surface area contributed by atoms with E-state index in [9.17, 15) is 43.2 Å². The zero-order valence-electron chi connectivity index (χ0n) is 17.2. The van der Waals surface area contributed by atoms with Gasteiger partial charge < -0.3 is 0 Å². The zero-order chi connectivity index (χ0) is 25.0. The van der Waals surface area contributed by atoms with Crippen LogP contribution in [0.2, 0.25) is 0 Å². The molecule has 8 nitrogen and oxygen atoms in total. The molecule has 1 aromatic heterocycles. The minimum atomic E-state index is -7.05. The second kappa shape index (κ2) is 7.87. The Balaban J connectivity index is 2.59. The van der Waals surface area contributed by atoms with Crippen molar-refractivity contribution in [2.45, 2.75) is 49.8 Å². The topological polar surface area (TPSA) is 84.7 Å². The second-order valence-corrected chi connectivity index (χ2v) is 11.0. The number of alkyl halides is 6. The molecule has 3 rings (SSSR count). The molecular weight excluding hydrogens is 502 g/mol. The molecule has 2 aliphatic rings. The summed E-state index contributed by atoms with van der Waals surface area (Å²) in [6.45, 7) is 2.50. The molecule has 0 aromatic carbocycles. The zero-order valence-corrected chi connectivity index (χ0v) is 18.8. The largest absolute Gasteiger partial charge is 0.512 e. The van der Waals surface area contributed by atoms with Crippen LogP contribution >= 0.6 is 0 Å². The molecule has 0 spiro atoms. The molecule has 0 saturated heterocycles. The van der Waals surface area contributed by atoms with Crippen molar-refractivity contribution in [1.29, 1.82) is 0 Å². The normalized spacial score (nSPS) is 16.0. The second-order valence-electron chi connectivity index (χ2n) is 7.17. The third-order valence-electron chi connectivity index (χ3n) is 5.17. The summed E-state index contributed by atoms with van der Waals surface area (Å²) in [6, 6.07) is 7.37. The lowest BCUT2D eigenvalue weighted by Crippen LogP contribution is -2.67. The number of rotatable bonds is 7. The summed E-state index contributed by atoms with van der Waals surface area (Å²) in [5.74, 6) is 0. The van der Waals surface area contributed by atoms with E-state index in [1.807, 2.05) is 0 Å². The van der Waals surface area contributed by atoms with Crippen LogP contribution in [0.3, 0.4) is 0 Å². The van der Waals surface area contributed by atoms with Gasteiger partial charge in [-0.05, 0) is 40.8 Å². The molecule has 1 unspecified atom stereocenters. The van der Waals surface area contributed by atoms with Crippen LogP contribution in [-0.2, 0) is 25.7 Å². The first-order chi connectivity index (χ1) is 15.1. The minimum Gasteiger partial charge on any atom is -0.201 e. The quantitative estimate of drug-likeness (QED) is 0.353. The minimum absolute atomic E-state index is 0.154. The summed E-state index contributed by atoms with van der Waals surface area (Å²) in [5, 5.41) is 0. The SMILES string of the molecule is CCCC(CC)(N(S(=O)(=O)C(F)(F)F)S(=O)(=O)C(F)(F)F)n1n2cccc2cc2ccc[n+]1-2. The van der Waals surface area contributed by atoms with Crippen LogP contribution in [-0.4, -0.2) is 40.9 Å². The van der Waals surface area contributed by atoms with Gasteiger partial charge in [0.15, 0.2) is 16.9 Å². The van der Waals surface area contributed by atoms with Crippen molar-refractivity contribution >= 4 is 25.6 Å². The Kier molecular flexibility index (Phi) is 6.03. The van der Waals surface area contributed by atoms with Gasteiger partial charge in [0.1, 0.15) is 12.4 Å². The first kappa shape index (κ1) is 25.3. The molecule has 33 heavy (non-hydrogen) atoms. The molecule has 0 N–H and O–H groups in total. The fraction of sp³-hybridized carbons (Fsp3) is 0.471. The van der Waals surface area contributed by atoms with Gasteiger partial charge >= 0.3 is 31.1 Å². The van der Waals surface area contributed by atoms with Gasteiger partial charge in [-0.3, -0.25) is 0 Å². The van der Waals surface area contributed by atoms with Crippen LogP contribution in [0.1, 0.15) is 33.1 Å². The molecule has 2 aliphatic heterocycles. The number of aromatic nitrogens is 3. The molecule has 0 saturated carbocycles. The van der Waals surface area contributed by atoms with Crippen molar-refractivity contribution in [3.05, 3.63) is 42.7 Å². The first-order valence-electron chi connectivity index (χ1n) is 9.49. The lowest BCUT2D eigenvalue weighted by Gasteiger charge is -2.40. The lowest BCUT2D eigenvalue weighted by molar-refractivity contribution is -0.708. The molecule has 0 aliphatic carbocycles. The van der Waals surface area contributed by atoms with Crippen LogP contribution in [0.25, 0.3) is 11.2 Å². The molecular formula is C17H19F6N4O4S2+. The molecule has 16 heteroatoms. The van der Waals surface area contributed by atoms with Gasteiger partial charge in [-0.2, -0.15) is 26.3 Å². The summed E-state index contributed by atoms with van der Waals surface area (Å²) < 4.78 is 133. The van der Waals surface area contributed by atoms with Crippen LogP contribution in [0, 0.1) is 0 Å². The fourth-order valence-electron chi connectivity index (χ4n) is 3.88. The van der Waals surface area contributed by atoms with E-state index in [0.29, 0.717) is 0 Å². The fourth-order valence-corrected chi connectivity index (χ4v) is 7.28. The summed E-state index contributed by atoms with van der Waals surface area (Å²) in [4.78, 5) is 0.799. The number of sulfonamides is 2. The van der Waals surface area contributed by atoms with Gasteiger partial charge in [0.05, 0.1) is 0 Å². The van der Waals surface area contributed by atoms with Crippen molar-refractivity contribution in [2.24, 2.45) is 0 Å². The molecule has 184 valence electrons. The Morgan fingerprint density at radius 2 is 1.52 bits per heavy atom. The highest BCUT2D eigenvalue weighted by Gasteiger charge is 2.69. The molecule has 0 fully saturated rings. The average Bonchev–Trinajstić information content (AvgIpc) is 3.32. The van der Waals surface area contributed by atoms with Gasteiger partial charge in [-0.1, -0.05) is 25.1 Å². The predicted molar refractivity (Wildman–Crippen MR) is 103 cm³/mol. The highest BCUT2D eigenvalue weighted by molar-refractivity contribution is 8.04. The molecule has 3 heterocycles. The van der Waals surface area contributed by atoms with Gasteiger partial charge in [-0.15, -0.1) is 9.20 Å². The smallest absolute Gasteiger partial charge is 0.201 e. The van der Waals surface area contributed by atoms with Gasteiger partial charge in [-0.25, -0.2) is 16.8 Å². The molecule has 1 aromatic rings. The van der Waals surface area contributed by atoms with Crippen LogP contribution in [0.5, 0.6) is 0 Å². The monoisotopic (exact) mass is 521 g/mol. The maximum absolute atomic E-state index is 13.6. The average molecular weight is 521 g/mol. The van der Waals surface area contributed by atoms with E-state index in [-0.39, 0.29) is 17.6 Å². The highest BCUT2D eigenvalue weighted by atomic mass is 32.3. The number of hydrogen-bond donors (Lipinski definition) is 0. The third-order valence-corrected chi connectivity index (χ3v) is 9.07. The predicted octanol–water partition coefficient (Wildman–Crippen LogP) is 3.32. The van der Waals surface area contributed by atoms with Crippen molar-refractivity contribution in [1.82, 2.24) is 13.0 Å². The van der Waals surface area contributed by atoms with Crippen molar-refractivity contribution < 1.29 is 47.9 Å². The van der Waals surface area contributed by atoms with Crippen LogP contribution in [0.15, 0.2) is 42.7 Å². The van der Waals surface area contributed by atoms with E-state index in [2.05, 4.69) is 0 Å². The van der Waals surface area contributed by atoms with Gasteiger partial charge in [0.2, 0.25) is 0 Å². The third kappa shape index (κ3) is 3.67. The first-order valence-corrected chi connectivity index (χ1v) is 12.4. The lowest BCUT2D eigenvalue weighted by atomic mass is 10.0. The Morgan fingerprint density at radius 1 is 0.939 bits per heavy atom. The maximum Gasteiger partial charge on any atom is 0.512 e. The van der Waals surface area contributed by atoms with E-state index >= 15 is 0 Å². The van der Waals surface area contributed by atoms with E-state index in [4.69, 9.17) is 0 Å². The number of nitrogens with zero attached hydrogens (tertiary/aromatic N) is 4. The summed E-state index contributed by atoms with van der Waals surface area (Å²) >= 11 is 0. The standard InChI is InChI=1S/C17H19F6N4O4S2/c1-3-9-15(4-2,26-24-10-5-7-13(24)12-14-8-6-11-25(14)26)27(32(28,29)16(18,19)20)33(30,31)17(21,22)23/h5-8,10-12H,3-4,9H2,1-2H3/q+1. The number of hydrogen-bond acceptors (Lipinski definition) is 4. The summed E-state index contributed by atoms with van der Waals surface area (Å²) in [6.07, 6.45) is 0.948. The summed E-state index contributed by atoms with van der Waals surface area (Å²) in [5.41, 5.74) is -15.0. The number of fused-ring (bicyclic) bond motifs is 2. The molecule has 0 radical (unpaired) electrons. The Labute approximate surface area is 185 Å². The Bertz CT molecular complexity index is 1300. The van der Waals surface area contributed by atoms with Gasteiger partial charge in [0.25, 0.3) is 0 Å². The highest BCUT2D eigenvalue weighted by Crippen LogP contribution is 2.45. The van der Waals surface area contributed by atoms with Crippen LogP contribution in [0.4, 0.5) is 26.3 Å². The molecule has 0 amide bonds. The molecule has 0 bridgehead atoms. The maximum atomic E-state index is 13.6. The van der Waals surface area contributed by atoms with Crippen molar-refractivity contribution in [2.75, 3.05) is 0 Å². The van der Waals surface area contributed by atoms with Crippen LogP contribution < -0.4 is 4.68 Å². The van der Waals surface area contributed by atoms with Crippen molar-refractivity contribution in [3.8, 4) is 5.69 Å². The van der Waals surface area contributed by atoms with E-state index < -0.39 is 53.3 Å². The molecule has 1 atom stereocenters.